The maximum atomic E-state index is 14.1. The summed E-state index contributed by atoms with van der Waals surface area (Å²) >= 11 is 0. The quantitative estimate of drug-likeness (QED) is 0.191. The lowest BCUT2D eigenvalue weighted by Gasteiger charge is -2.17. The van der Waals surface area contributed by atoms with Crippen molar-refractivity contribution < 1.29 is 27.1 Å². The van der Waals surface area contributed by atoms with Gasteiger partial charge >= 0.3 is 12.1 Å². The van der Waals surface area contributed by atoms with E-state index >= 15 is 0 Å². The number of carbonyl (C=O) groups excluding carboxylic acids is 1. The third-order valence-corrected chi connectivity index (χ3v) is 4.88. The number of carbonyl (C=O) groups is 1. The molecule has 1 atom stereocenters. The molecule has 6 heteroatoms. The number of halogens is 4. The maximum Gasteiger partial charge on any atom is 0.419 e. The fourth-order valence-corrected chi connectivity index (χ4v) is 3.15. The number of ether oxygens (including phenoxy) is 1. The first kappa shape index (κ1) is 24.4. The largest absolute Gasteiger partial charge is 0.459 e. The molecular formula is C22H32F4O2. The van der Waals surface area contributed by atoms with Crippen LogP contribution in [0.25, 0.3) is 0 Å². The molecule has 0 spiro atoms. The standard InChI is InChI=1S/C22H32F4O2/c1-3-5-6-7-8-9-10-11-12-14-17(4-2)28-21(27)18-15-13-16-19(20(18)23)22(24,25)26/h13,15-17H,3-12,14H2,1-2H3. The first-order valence-corrected chi connectivity index (χ1v) is 10.4. The minimum Gasteiger partial charge on any atom is -0.459 e. The van der Waals surface area contributed by atoms with E-state index in [-0.39, 0.29) is 0 Å². The van der Waals surface area contributed by atoms with Gasteiger partial charge in [0.1, 0.15) is 11.9 Å². The molecule has 1 unspecified atom stereocenters. The lowest BCUT2D eigenvalue weighted by atomic mass is 10.0. The number of hydrogen-bond acceptors (Lipinski definition) is 2. The Morgan fingerprint density at radius 1 is 0.964 bits per heavy atom. The van der Waals surface area contributed by atoms with E-state index in [4.69, 9.17) is 4.74 Å². The van der Waals surface area contributed by atoms with Crippen LogP contribution in [0.5, 0.6) is 0 Å². The van der Waals surface area contributed by atoms with E-state index in [1.54, 1.807) is 0 Å². The van der Waals surface area contributed by atoms with Crippen LogP contribution in [-0.4, -0.2) is 12.1 Å². The van der Waals surface area contributed by atoms with Gasteiger partial charge in [0.05, 0.1) is 11.1 Å². The fourth-order valence-electron chi connectivity index (χ4n) is 3.15. The second-order valence-electron chi connectivity index (χ2n) is 7.22. The summed E-state index contributed by atoms with van der Waals surface area (Å²) in [6.07, 6.45) is 6.47. The molecule has 2 nitrogen and oxygen atoms in total. The Bertz CT molecular complexity index is 584. The Balaban J connectivity index is 2.42. The third-order valence-electron chi connectivity index (χ3n) is 4.88. The van der Waals surface area contributed by atoms with Gasteiger partial charge in [-0.1, -0.05) is 71.3 Å². The van der Waals surface area contributed by atoms with Crippen molar-refractivity contribution >= 4 is 5.97 Å². The Kier molecular flexibility index (Phi) is 11.2. The molecule has 0 saturated carbocycles. The number of esters is 1. The van der Waals surface area contributed by atoms with Gasteiger partial charge in [0.15, 0.2) is 0 Å². The van der Waals surface area contributed by atoms with Crippen molar-refractivity contribution in [2.75, 3.05) is 0 Å². The molecule has 0 amide bonds. The number of hydrogen-bond donors (Lipinski definition) is 0. The van der Waals surface area contributed by atoms with Gasteiger partial charge in [-0.05, 0) is 31.4 Å². The Morgan fingerprint density at radius 2 is 1.54 bits per heavy atom. The molecular weight excluding hydrogens is 372 g/mol. The van der Waals surface area contributed by atoms with E-state index in [1.807, 2.05) is 6.92 Å². The van der Waals surface area contributed by atoms with Crippen LogP contribution in [0.4, 0.5) is 17.6 Å². The number of rotatable bonds is 13. The van der Waals surface area contributed by atoms with Gasteiger partial charge in [-0.2, -0.15) is 13.2 Å². The third kappa shape index (κ3) is 8.61. The van der Waals surface area contributed by atoms with E-state index in [0.29, 0.717) is 18.9 Å². The second kappa shape index (κ2) is 12.8. The van der Waals surface area contributed by atoms with Crippen LogP contribution in [0.15, 0.2) is 18.2 Å². The zero-order chi connectivity index (χ0) is 21.0. The van der Waals surface area contributed by atoms with Crippen molar-refractivity contribution in [1.29, 1.82) is 0 Å². The molecule has 0 aliphatic rings. The highest BCUT2D eigenvalue weighted by Gasteiger charge is 2.36. The normalized spacial score (nSPS) is 12.8. The van der Waals surface area contributed by atoms with Gasteiger partial charge in [-0.25, -0.2) is 9.18 Å². The van der Waals surface area contributed by atoms with Gasteiger partial charge in [0, 0.05) is 0 Å². The molecule has 0 heterocycles. The molecule has 28 heavy (non-hydrogen) atoms. The van der Waals surface area contributed by atoms with Crippen molar-refractivity contribution in [3.63, 3.8) is 0 Å². The Hall–Kier alpha value is -1.59. The molecule has 0 aliphatic heterocycles. The first-order valence-electron chi connectivity index (χ1n) is 10.4. The monoisotopic (exact) mass is 404 g/mol. The van der Waals surface area contributed by atoms with Gasteiger partial charge < -0.3 is 4.74 Å². The molecule has 0 radical (unpaired) electrons. The summed E-state index contributed by atoms with van der Waals surface area (Å²) in [5, 5.41) is 0. The van der Waals surface area contributed by atoms with Gasteiger partial charge in [-0.3, -0.25) is 0 Å². The maximum absolute atomic E-state index is 14.1. The topological polar surface area (TPSA) is 26.3 Å². The predicted molar refractivity (Wildman–Crippen MR) is 103 cm³/mol. The molecule has 0 N–H and O–H groups in total. The van der Waals surface area contributed by atoms with Gasteiger partial charge in [0.25, 0.3) is 0 Å². The van der Waals surface area contributed by atoms with Crippen LogP contribution >= 0.6 is 0 Å². The van der Waals surface area contributed by atoms with Crippen LogP contribution in [0.3, 0.4) is 0 Å². The fraction of sp³-hybridized carbons (Fsp3) is 0.682. The smallest absolute Gasteiger partial charge is 0.419 e. The van der Waals surface area contributed by atoms with Crippen molar-refractivity contribution in [1.82, 2.24) is 0 Å². The van der Waals surface area contributed by atoms with Crippen molar-refractivity contribution in [3.8, 4) is 0 Å². The highest BCUT2D eigenvalue weighted by molar-refractivity contribution is 5.90. The molecule has 1 rings (SSSR count). The molecule has 0 fully saturated rings. The molecule has 0 aliphatic carbocycles. The van der Waals surface area contributed by atoms with E-state index in [9.17, 15) is 22.4 Å². The minimum absolute atomic E-state index is 0.411. The van der Waals surface area contributed by atoms with E-state index < -0.39 is 35.2 Å². The Morgan fingerprint density at radius 3 is 2.07 bits per heavy atom. The molecule has 1 aromatic rings. The Labute approximate surface area is 165 Å². The summed E-state index contributed by atoms with van der Waals surface area (Å²) in [6.45, 7) is 4.03. The van der Waals surface area contributed by atoms with Crippen LogP contribution in [0.1, 0.15) is 100 Å². The van der Waals surface area contributed by atoms with Crippen molar-refractivity contribution in [2.24, 2.45) is 0 Å². The molecule has 0 saturated heterocycles. The van der Waals surface area contributed by atoms with E-state index in [1.165, 1.54) is 38.5 Å². The summed E-state index contributed by atoms with van der Waals surface area (Å²) in [4.78, 5) is 12.1. The minimum atomic E-state index is -4.85. The van der Waals surface area contributed by atoms with Crippen LogP contribution in [-0.2, 0) is 10.9 Å². The van der Waals surface area contributed by atoms with Crippen molar-refractivity contribution in [3.05, 3.63) is 35.1 Å². The molecule has 1 aromatic carbocycles. The first-order chi connectivity index (χ1) is 13.3. The number of unbranched alkanes of at least 4 members (excludes halogenated alkanes) is 8. The lowest BCUT2D eigenvalue weighted by molar-refractivity contribution is -0.140. The van der Waals surface area contributed by atoms with Gasteiger partial charge in [-0.15, -0.1) is 0 Å². The summed E-state index contributed by atoms with van der Waals surface area (Å²) in [7, 11) is 0. The number of benzene rings is 1. The molecule has 0 bridgehead atoms. The molecule has 0 aromatic heterocycles. The summed E-state index contributed by atoms with van der Waals surface area (Å²) in [5.41, 5.74) is -2.12. The summed E-state index contributed by atoms with van der Waals surface area (Å²) in [6, 6.07) is 2.66. The second-order valence-corrected chi connectivity index (χ2v) is 7.22. The summed E-state index contributed by atoms with van der Waals surface area (Å²) in [5.74, 6) is -2.61. The van der Waals surface area contributed by atoms with E-state index in [0.717, 1.165) is 31.4 Å². The zero-order valence-electron chi connectivity index (χ0n) is 16.9. The van der Waals surface area contributed by atoms with E-state index in [2.05, 4.69) is 6.92 Å². The average molecular weight is 404 g/mol. The SMILES string of the molecule is CCCCCCCCCCCC(CC)OC(=O)c1cccc(C(F)(F)F)c1F. The van der Waals surface area contributed by atoms with Crippen LogP contribution in [0, 0.1) is 5.82 Å². The molecule has 160 valence electrons. The zero-order valence-corrected chi connectivity index (χ0v) is 16.9. The average Bonchev–Trinajstić information content (AvgIpc) is 2.64. The highest BCUT2D eigenvalue weighted by atomic mass is 19.4. The predicted octanol–water partition coefficient (Wildman–Crippen LogP) is 7.70. The lowest BCUT2D eigenvalue weighted by Crippen LogP contribution is -2.20. The van der Waals surface area contributed by atoms with Crippen LogP contribution < -0.4 is 0 Å². The van der Waals surface area contributed by atoms with Crippen LogP contribution in [0.2, 0.25) is 0 Å². The summed E-state index contributed by atoms with van der Waals surface area (Å²) < 4.78 is 57.7. The highest BCUT2D eigenvalue weighted by Crippen LogP contribution is 2.32. The number of alkyl halides is 3. The van der Waals surface area contributed by atoms with Crippen molar-refractivity contribution in [2.45, 2.75) is 96.8 Å². The van der Waals surface area contributed by atoms with Gasteiger partial charge in [0.2, 0.25) is 0 Å².